The maximum Gasteiger partial charge on any atom is 0.472 e. The van der Waals surface area contributed by atoms with Crippen molar-refractivity contribution in [1.82, 2.24) is 0 Å². The summed E-state index contributed by atoms with van der Waals surface area (Å²) in [5.41, 5.74) is 5.38. The molecule has 3 N–H and O–H groups in total. The van der Waals surface area contributed by atoms with Gasteiger partial charge >= 0.3 is 19.8 Å². The van der Waals surface area contributed by atoms with E-state index < -0.39 is 32.5 Å². The molecule has 0 aliphatic heterocycles. The molecule has 424 valence electrons. The number of hydrogen-bond acceptors (Lipinski definition) is 8. The third-order valence-corrected chi connectivity index (χ3v) is 14.1. The van der Waals surface area contributed by atoms with Crippen LogP contribution in [0.4, 0.5) is 0 Å². The number of nitrogens with two attached hydrogens (primary N) is 1. The van der Waals surface area contributed by atoms with Crippen molar-refractivity contribution in [3.05, 3.63) is 72.9 Å². The van der Waals surface area contributed by atoms with Gasteiger partial charge in [-0.1, -0.05) is 260 Å². The molecule has 2 unspecified atom stereocenters. The molecular formula is C63H114NO8P. The molecule has 0 heterocycles. The summed E-state index contributed by atoms with van der Waals surface area (Å²) in [7, 11) is -4.39. The van der Waals surface area contributed by atoms with Crippen LogP contribution in [-0.2, 0) is 32.7 Å². The number of phosphoric acid groups is 1. The highest BCUT2D eigenvalue weighted by atomic mass is 31.2. The van der Waals surface area contributed by atoms with Gasteiger partial charge in [0, 0.05) is 19.4 Å². The summed E-state index contributed by atoms with van der Waals surface area (Å²) in [5, 5.41) is 0. The molecule has 73 heavy (non-hydrogen) atoms. The predicted molar refractivity (Wildman–Crippen MR) is 312 cm³/mol. The molecule has 0 spiro atoms. The van der Waals surface area contributed by atoms with Gasteiger partial charge in [0.25, 0.3) is 0 Å². The fourth-order valence-electron chi connectivity index (χ4n) is 8.60. The van der Waals surface area contributed by atoms with E-state index in [0.717, 1.165) is 77.0 Å². The monoisotopic (exact) mass is 1040 g/mol. The van der Waals surface area contributed by atoms with Crippen molar-refractivity contribution >= 4 is 19.8 Å². The Morgan fingerprint density at radius 2 is 0.753 bits per heavy atom. The summed E-state index contributed by atoms with van der Waals surface area (Å²) < 4.78 is 33.0. The first kappa shape index (κ1) is 70.5. The summed E-state index contributed by atoms with van der Waals surface area (Å²) >= 11 is 0. The molecule has 0 aromatic carbocycles. The average Bonchev–Trinajstić information content (AvgIpc) is 3.38. The third-order valence-electron chi connectivity index (χ3n) is 13.1. The number of esters is 2. The molecule has 0 aliphatic carbocycles. The van der Waals surface area contributed by atoms with E-state index in [-0.39, 0.29) is 32.6 Å². The van der Waals surface area contributed by atoms with Gasteiger partial charge in [-0.15, -0.1) is 0 Å². The fourth-order valence-corrected chi connectivity index (χ4v) is 9.37. The number of carbonyl (C=O) groups excluding carboxylic acids is 2. The zero-order valence-corrected chi connectivity index (χ0v) is 48.3. The largest absolute Gasteiger partial charge is 0.472 e. The van der Waals surface area contributed by atoms with Gasteiger partial charge in [-0.2, -0.15) is 0 Å². The van der Waals surface area contributed by atoms with Crippen LogP contribution in [0.5, 0.6) is 0 Å². The summed E-state index contributed by atoms with van der Waals surface area (Å²) in [4.78, 5) is 35.1. The standard InChI is InChI=1S/C63H114NO8P/c1-3-5-7-9-11-13-15-17-19-20-21-22-23-24-25-26-27-28-29-30-31-32-33-34-35-36-37-38-39-40-42-44-46-48-50-52-54-56-63(66)72-61(60-71-73(67,68)70-58-57-64)59-69-62(65)55-53-51-49-47-45-43-41-18-16-14-12-10-8-6-4-2/h5,7,11-14,17-19,21-22,41,61H,3-4,6,8-10,15-16,20,23-40,42-60,64H2,1-2H3,(H,67,68)/b7-5-,13-11-,14-12-,19-17-,22-21-,41-18-. The van der Waals surface area contributed by atoms with Gasteiger partial charge in [0.15, 0.2) is 6.10 Å². The van der Waals surface area contributed by atoms with Crippen molar-refractivity contribution in [3.63, 3.8) is 0 Å². The number of allylic oxidation sites excluding steroid dienone is 12. The number of rotatable bonds is 57. The lowest BCUT2D eigenvalue weighted by atomic mass is 10.0. The second kappa shape index (κ2) is 58.7. The number of phosphoric ester groups is 1. The van der Waals surface area contributed by atoms with Crippen LogP contribution in [0.15, 0.2) is 72.9 Å². The van der Waals surface area contributed by atoms with Crippen molar-refractivity contribution in [2.45, 2.75) is 290 Å². The van der Waals surface area contributed by atoms with Gasteiger partial charge in [0.05, 0.1) is 13.2 Å². The van der Waals surface area contributed by atoms with E-state index in [1.165, 1.54) is 167 Å². The van der Waals surface area contributed by atoms with Crippen LogP contribution in [0.25, 0.3) is 0 Å². The Balaban J connectivity index is 3.81. The Kier molecular flexibility index (Phi) is 56.7. The fraction of sp³-hybridized carbons (Fsp3) is 0.778. The number of unbranched alkanes of at least 4 members (excludes halogenated alkanes) is 32. The minimum Gasteiger partial charge on any atom is -0.462 e. The van der Waals surface area contributed by atoms with E-state index in [1.807, 2.05) is 0 Å². The molecule has 0 aliphatic rings. The minimum atomic E-state index is -4.39. The molecule has 9 nitrogen and oxygen atoms in total. The van der Waals surface area contributed by atoms with Crippen LogP contribution in [0.3, 0.4) is 0 Å². The minimum absolute atomic E-state index is 0.0510. The molecule has 0 radical (unpaired) electrons. The normalized spacial score (nSPS) is 13.5. The summed E-state index contributed by atoms with van der Waals surface area (Å²) in [6, 6.07) is 0. The molecule has 0 fully saturated rings. The Hall–Kier alpha value is -2.55. The molecule has 0 aromatic rings. The van der Waals surface area contributed by atoms with Gasteiger partial charge in [-0.05, 0) is 83.5 Å². The maximum absolute atomic E-state index is 12.7. The second-order valence-corrected chi connectivity index (χ2v) is 21.6. The molecule has 0 amide bonds. The number of carbonyl (C=O) groups is 2. The van der Waals surface area contributed by atoms with E-state index in [2.05, 4.69) is 86.8 Å². The first-order chi connectivity index (χ1) is 35.8. The zero-order chi connectivity index (χ0) is 53.1. The van der Waals surface area contributed by atoms with Crippen LogP contribution in [0.2, 0.25) is 0 Å². The van der Waals surface area contributed by atoms with E-state index in [4.69, 9.17) is 24.3 Å². The van der Waals surface area contributed by atoms with Gasteiger partial charge in [0.2, 0.25) is 0 Å². The Labute approximate surface area is 450 Å². The lowest BCUT2D eigenvalue weighted by Crippen LogP contribution is -2.29. The maximum atomic E-state index is 12.7. The Morgan fingerprint density at radius 3 is 1.12 bits per heavy atom. The van der Waals surface area contributed by atoms with Crippen molar-refractivity contribution in [2.75, 3.05) is 26.4 Å². The van der Waals surface area contributed by atoms with Crippen molar-refractivity contribution in [2.24, 2.45) is 5.73 Å². The summed E-state index contributed by atoms with van der Waals surface area (Å²) in [5.74, 6) is -0.835. The molecule has 0 rings (SSSR count). The first-order valence-corrected chi connectivity index (χ1v) is 31.9. The highest BCUT2D eigenvalue weighted by Crippen LogP contribution is 2.43. The molecule has 10 heteroatoms. The lowest BCUT2D eigenvalue weighted by molar-refractivity contribution is -0.161. The van der Waals surface area contributed by atoms with Crippen molar-refractivity contribution in [3.8, 4) is 0 Å². The highest BCUT2D eigenvalue weighted by molar-refractivity contribution is 7.47. The van der Waals surface area contributed by atoms with Crippen LogP contribution >= 0.6 is 7.82 Å². The van der Waals surface area contributed by atoms with E-state index in [0.29, 0.717) is 12.8 Å². The van der Waals surface area contributed by atoms with E-state index in [9.17, 15) is 19.0 Å². The van der Waals surface area contributed by atoms with Gasteiger partial charge in [0.1, 0.15) is 6.61 Å². The molecule has 0 saturated heterocycles. The topological polar surface area (TPSA) is 134 Å². The smallest absolute Gasteiger partial charge is 0.462 e. The molecule has 2 atom stereocenters. The highest BCUT2D eigenvalue weighted by Gasteiger charge is 2.26. The van der Waals surface area contributed by atoms with Gasteiger partial charge in [-0.25, -0.2) is 4.57 Å². The quantitative estimate of drug-likeness (QED) is 0.0264. The van der Waals surface area contributed by atoms with Crippen LogP contribution in [0.1, 0.15) is 284 Å². The lowest BCUT2D eigenvalue weighted by Gasteiger charge is -2.19. The van der Waals surface area contributed by atoms with Crippen molar-refractivity contribution in [1.29, 1.82) is 0 Å². The van der Waals surface area contributed by atoms with E-state index >= 15 is 0 Å². The third kappa shape index (κ3) is 58.6. The van der Waals surface area contributed by atoms with Crippen LogP contribution in [-0.4, -0.2) is 49.3 Å². The molecule has 0 aromatic heterocycles. The van der Waals surface area contributed by atoms with Gasteiger partial charge < -0.3 is 20.1 Å². The predicted octanol–water partition coefficient (Wildman–Crippen LogP) is 19.3. The van der Waals surface area contributed by atoms with Crippen LogP contribution < -0.4 is 5.73 Å². The Bertz CT molecular complexity index is 1420. The summed E-state index contributed by atoms with van der Waals surface area (Å²) in [6.45, 7) is 3.61. The van der Waals surface area contributed by atoms with Crippen LogP contribution in [0, 0.1) is 0 Å². The molecular weight excluding hydrogens is 930 g/mol. The number of ether oxygens (including phenoxy) is 2. The number of hydrogen-bond donors (Lipinski definition) is 2. The summed E-state index contributed by atoms with van der Waals surface area (Å²) in [6.07, 6.45) is 75.6. The molecule has 0 bridgehead atoms. The SMILES string of the molecule is CC/C=C\C/C=C\C/C=C\C/C=C\CCCCCCCCCCCCCCCCCCCCCCCCCCC(=O)OC(COC(=O)CCCCCCC/C=C\C/C=C\CCCCC)COP(=O)(O)OCCN. The first-order valence-electron chi connectivity index (χ1n) is 30.4. The van der Waals surface area contributed by atoms with E-state index in [1.54, 1.807) is 0 Å². The van der Waals surface area contributed by atoms with Gasteiger partial charge in [-0.3, -0.25) is 18.6 Å². The zero-order valence-electron chi connectivity index (χ0n) is 47.4. The average molecular weight is 1040 g/mol. The van der Waals surface area contributed by atoms with Crippen molar-refractivity contribution < 1.29 is 37.6 Å². The Morgan fingerprint density at radius 1 is 0.425 bits per heavy atom. The molecule has 0 saturated carbocycles. The second-order valence-electron chi connectivity index (χ2n) is 20.2.